The van der Waals surface area contributed by atoms with Gasteiger partial charge in [0.05, 0.1) is 6.33 Å². The van der Waals surface area contributed by atoms with Crippen molar-refractivity contribution < 1.29 is 4.79 Å². The summed E-state index contributed by atoms with van der Waals surface area (Å²) in [5, 5.41) is 2.97. The van der Waals surface area contributed by atoms with Crippen LogP contribution in [0.5, 0.6) is 0 Å². The molecule has 1 aromatic heterocycles. The number of nitrogens with zero attached hydrogens (tertiary/aromatic N) is 2. The van der Waals surface area contributed by atoms with Gasteiger partial charge in [0.15, 0.2) is 0 Å². The highest BCUT2D eigenvalue weighted by Crippen LogP contribution is 2.28. The van der Waals surface area contributed by atoms with Crippen molar-refractivity contribution in [3.05, 3.63) is 18.2 Å². The standard InChI is InChI=1S/C12H18BrN3O/c1-16-7-11(15-8-16)12(17)14-6-9-3-2-4-10(13)5-9/h7-10H,2-6H2,1H3,(H,14,17). The first-order valence-corrected chi connectivity index (χ1v) is 6.97. The number of imidazole rings is 1. The summed E-state index contributed by atoms with van der Waals surface area (Å²) in [6, 6.07) is 0. The Labute approximate surface area is 110 Å². The monoisotopic (exact) mass is 299 g/mol. The van der Waals surface area contributed by atoms with Crippen molar-refractivity contribution in [3.8, 4) is 0 Å². The van der Waals surface area contributed by atoms with Gasteiger partial charge in [-0.25, -0.2) is 4.98 Å². The lowest BCUT2D eigenvalue weighted by atomic mass is 9.89. The van der Waals surface area contributed by atoms with E-state index in [9.17, 15) is 4.79 Å². The van der Waals surface area contributed by atoms with E-state index in [1.807, 2.05) is 7.05 Å². The molecule has 1 saturated carbocycles. The fourth-order valence-corrected chi connectivity index (χ4v) is 3.12. The van der Waals surface area contributed by atoms with Gasteiger partial charge in [0.1, 0.15) is 5.69 Å². The molecule has 1 aromatic rings. The first kappa shape index (κ1) is 12.6. The highest BCUT2D eigenvalue weighted by molar-refractivity contribution is 9.09. The van der Waals surface area contributed by atoms with Crippen molar-refractivity contribution in [3.63, 3.8) is 0 Å². The highest BCUT2D eigenvalue weighted by atomic mass is 79.9. The van der Waals surface area contributed by atoms with Crippen LogP contribution < -0.4 is 5.32 Å². The lowest BCUT2D eigenvalue weighted by Crippen LogP contribution is -2.32. The molecule has 0 radical (unpaired) electrons. The summed E-state index contributed by atoms with van der Waals surface area (Å²) in [7, 11) is 1.86. The van der Waals surface area contributed by atoms with Crippen LogP contribution >= 0.6 is 15.9 Å². The molecule has 1 amide bonds. The van der Waals surface area contributed by atoms with Gasteiger partial charge in [0.25, 0.3) is 5.91 Å². The van der Waals surface area contributed by atoms with Crippen molar-refractivity contribution in [1.29, 1.82) is 0 Å². The summed E-state index contributed by atoms with van der Waals surface area (Å²) in [5.41, 5.74) is 0.499. The van der Waals surface area contributed by atoms with E-state index in [1.165, 1.54) is 19.3 Å². The quantitative estimate of drug-likeness (QED) is 0.869. The molecule has 0 aliphatic heterocycles. The number of hydrogen-bond acceptors (Lipinski definition) is 2. The number of rotatable bonds is 3. The summed E-state index contributed by atoms with van der Waals surface area (Å²) >= 11 is 3.66. The van der Waals surface area contributed by atoms with E-state index >= 15 is 0 Å². The zero-order valence-corrected chi connectivity index (χ0v) is 11.6. The maximum Gasteiger partial charge on any atom is 0.271 e. The molecule has 1 N–H and O–H groups in total. The maximum atomic E-state index is 11.8. The fraction of sp³-hybridized carbons (Fsp3) is 0.667. The largest absolute Gasteiger partial charge is 0.350 e. The number of aryl methyl sites for hydroxylation is 1. The second-order valence-electron chi connectivity index (χ2n) is 4.76. The van der Waals surface area contributed by atoms with Gasteiger partial charge in [-0.3, -0.25) is 4.79 Å². The second-order valence-corrected chi connectivity index (χ2v) is 6.06. The van der Waals surface area contributed by atoms with Crippen LogP contribution in [0.2, 0.25) is 0 Å². The molecule has 2 atom stereocenters. The third-order valence-electron chi connectivity index (χ3n) is 3.21. The van der Waals surface area contributed by atoms with Crippen LogP contribution in [0.15, 0.2) is 12.5 Å². The molecule has 0 spiro atoms. The molecule has 0 bridgehead atoms. The molecule has 94 valence electrons. The van der Waals surface area contributed by atoms with Gasteiger partial charge in [-0.15, -0.1) is 0 Å². The summed E-state index contributed by atoms with van der Waals surface area (Å²) < 4.78 is 1.78. The summed E-state index contributed by atoms with van der Waals surface area (Å²) in [6.07, 6.45) is 8.26. The Hall–Kier alpha value is -0.840. The van der Waals surface area contributed by atoms with Gasteiger partial charge in [0, 0.05) is 24.6 Å². The SMILES string of the molecule is Cn1cnc(C(=O)NCC2CCCC(Br)C2)c1. The predicted molar refractivity (Wildman–Crippen MR) is 70.2 cm³/mol. The normalized spacial score (nSPS) is 24.6. The van der Waals surface area contributed by atoms with Crippen LogP contribution in [-0.4, -0.2) is 26.8 Å². The Bertz CT molecular complexity index is 391. The van der Waals surface area contributed by atoms with Crippen LogP contribution in [-0.2, 0) is 7.05 Å². The molecule has 0 saturated heterocycles. The maximum absolute atomic E-state index is 11.8. The van der Waals surface area contributed by atoms with Gasteiger partial charge in [-0.05, 0) is 25.2 Å². The Kier molecular flexibility index (Phi) is 4.20. The van der Waals surface area contributed by atoms with E-state index in [1.54, 1.807) is 17.1 Å². The summed E-state index contributed by atoms with van der Waals surface area (Å²) in [5.74, 6) is 0.531. The Morgan fingerprint density at radius 3 is 3.12 bits per heavy atom. The highest BCUT2D eigenvalue weighted by Gasteiger charge is 2.20. The molecule has 2 rings (SSSR count). The van der Waals surface area contributed by atoms with Crippen LogP contribution in [0.25, 0.3) is 0 Å². The topological polar surface area (TPSA) is 46.9 Å². The third-order valence-corrected chi connectivity index (χ3v) is 4.04. The molecule has 1 aliphatic carbocycles. The van der Waals surface area contributed by atoms with E-state index in [2.05, 4.69) is 26.2 Å². The minimum Gasteiger partial charge on any atom is -0.350 e. The number of alkyl halides is 1. The second kappa shape index (κ2) is 5.67. The zero-order chi connectivity index (χ0) is 12.3. The average Bonchev–Trinajstić information content (AvgIpc) is 2.73. The zero-order valence-electron chi connectivity index (χ0n) is 10.0. The number of nitrogens with one attached hydrogen (secondary N) is 1. The van der Waals surface area contributed by atoms with Crippen molar-refractivity contribution >= 4 is 21.8 Å². The summed E-state index contributed by atoms with van der Waals surface area (Å²) in [4.78, 5) is 16.4. The number of aromatic nitrogens is 2. The minimum atomic E-state index is -0.0673. The average molecular weight is 300 g/mol. The Morgan fingerprint density at radius 2 is 2.47 bits per heavy atom. The van der Waals surface area contributed by atoms with Crippen molar-refractivity contribution in [2.24, 2.45) is 13.0 Å². The predicted octanol–water partition coefficient (Wildman–Crippen LogP) is 2.10. The first-order valence-electron chi connectivity index (χ1n) is 6.05. The number of carbonyl (C=O) groups is 1. The fourth-order valence-electron chi connectivity index (χ4n) is 2.27. The van der Waals surface area contributed by atoms with Crippen LogP contribution in [0.3, 0.4) is 0 Å². The molecular formula is C12H18BrN3O. The molecule has 1 heterocycles. The molecular weight excluding hydrogens is 282 g/mol. The third kappa shape index (κ3) is 3.56. The lowest BCUT2D eigenvalue weighted by molar-refractivity contribution is 0.0939. The molecule has 1 aliphatic rings. The number of halogens is 1. The van der Waals surface area contributed by atoms with Crippen molar-refractivity contribution in [1.82, 2.24) is 14.9 Å². The van der Waals surface area contributed by atoms with Gasteiger partial charge in [0.2, 0.25) is 0 Å². The van der Waals surface area contributed by atoms with Crippen molar-refractivity contribution in [2.45, 2.75) is 30.5 Å². The summed E-state index contributed by atoms with van der Waals surface area (Å²) in [6.45, 7) is 0.761. The lowest BCUT2D eigenvalue weighted by Gasteiger charge is -2.25. The van der Waals surface area contributed by atoms with Gasteiger partial charge < -0.3 is 9.88 Å². The van der Waals surface area contributed by atoms with Crippen LogP contribution in [0.1, 0.15) is 36.2 Å². The Balaban J connectivity index is 1.80. The van der Waals surface area contributed by atoms with E-state index in [-0.39, 0.29) is 5.91 Å². The van der Waals surface area contributed by atoms with Crippen molar-refractivity contribution in [2.75, 3.05) is 6.54 Å². The smallest absolute Gasteiger partial charge is 0.271 e. The van der Waals surface area contributed by atoms with Crippen LogP contribution in [0, 0.1) is 5.92 Å². The molecule has 0 aromatic carbocycles. The number of amides is 1. The van der Waals surface area contributed by atoms with E-state index in [0.29, 0.717) is 16.4 Å². The van der Waals surface area contributed by atoms with Gasteiger partial charge >= 0.3 is 0 Å². The Morgan fingerprint density at radius 1 is 1.65 bits per heavy atom. The van der Waals surface area contributed by atoms with E-state index in [4.69, 9.17) is 0 Å². The van der Waals surface area contributed by atoms with E-state index in [0.717, 1.165) is 13.0 Å². The molecule has 2 unspecified atom stereocenters. The molecule has 4 nitrogen and oxygen atoms in total. The number of carbonyl (C=O) groups excluding carboxylic acids is 1. The molecule has 1 fully saturated rings. The first-order chi connectivity index (χ1) is 8.15. The molecule has 17 heavy (non-hydrogen) atoms. The van der Waals surface area contributed by atoms with Crippen LogP contribution in [0.4, 0.5) is 0 Å². The van der Waals surface area contributed by atoms with Gasteiger partial charge in [-0.1, -0.05) is 22.4 Å². The number of hydrogen-bond donors (Lipinski definition) is 1. The molecule has 5 heteroatoms. The van der Waals surface area contributed by atoms with E-state index < -0.39 is 0 Å². The van der Waals surface area contributed by atoms with Gasteiger partial charge in [-0.2, -0.15) is 0 Å². The minimum absolute atomic E-state index is 0.0673.